The van der Waals surface area contributed by atoms with E-state index in [1.807, 2.05) is 49.4 Å². The number of carbonyl (C=O) groups is 1. The van der Waals surface area contributed by atoms with Gasteiger partial charge >= 0.3 is 0 Å². The summed E-state index contributed by atoms with van der Waals surface area (Å²) in [6.07, 6.45) is -0.742. The summed E-state index contributed by atoms with van der Waals surface area (Å²) in [5.74, 6) is 1.04. The Kier molecular flexibility index (Phi) is 7.22. The summed E-state index contributed by atoms with van der Waals surface area (Å²) in [4.78, 5) is 17.8. The molecule has 0 amide bonds. The summed E-state index contributed by atoms with van der Waals surface area (Å²) in [5, 5.41) is 10.9. The number of ether oxygens (including phenoxy) is 1. The van der Waals surface area contributed by atoms with Gasteiger partial charge in [-0.05, 0) is 44.0 Å². The van der Waals surface area contributed by atoms with Crippen LogP contribution < -0.4 is 15.4 Å². The largest absolute Gasteiger partial charge is 0.481 e. The Labute approximate surface area is 199 Å². The molecule has 0 aliphatic carbocycles. The second kappa shape index (κ2) is 10.7. The first-order valence-corrected chi connectivity index (χ1v) is 11.3. The maximum absolute atomic E-state index is 13.2. The van der Waals surface area contributed by atoms with Crippen LogP contribution >= 0.6 is 0 Å². The minimum absolute atomic E-state index is 0.314. The number of rotatable bonds is 9. The van der Waals surface area contributed by atoms with E-state index in [-0.39, 0.29) is 5.91 Å². The monoisotopic (exact) mass is 455 g/mol. The van der Waals surface area contributed by atoms with Crippen molar-refractivity contribution in [2.24, 2.45) is 0 Å². The number of aryl methyl sites for hydroxylation is 2. The van der Waals surface area contributed by atoms with Crippen molar-refractivity contribution in [3.8, 4) is 5.75 Å². The average Bonchev–Trinajstić information content (AvgIpc) is 3.26. The molecule has 0 radical (unpaired) electrons. The van der Waals surface area contributed by atoms with E-state index in [0.717, 1.165) is 11.1 Å². The fourth-order valence-electron chi connectivity index (χ4n) is 3.35. The van der Waals surface area contributed by atoms with Gasteiger partial charge in [-0.25, -0.2) is 0 Å². The molecule has 1 heterocycles. The third-order valence-electron chi connectivity index (χ3n) is 5.36. The van der Waals surface area contributed by atoms with Gasteiger partial charge in [0, 0.05) is 13.1 Å². The average molecular weight is 456 g/mol. The summed E-state index contributed by atoms with van der Waals surface area (Å²) in [5.41, 5.74) is 4.57. The molecule has 3 aromatic carbocycles. The van der Waals surface area contributed by atoms with Gasteiger partial charge in [0.2, 0.25) is 11.9 Å². The highest BCUT2D eigenvalue weighted by molar-refractivity contribution is 5.85. The van der Waals surface area contributed by atoms with Crippen molar-refractivity contribution >= 4 is 17.8 Å². The van der Waals surface area contributed by atoms with Crippen molar-refractivity contribution < 1.29 is 9.53 Å². The van der Waals surface area contributed by atoms with Crippen molar-refractivity contribution in [1.29, 1.82) is 0 Å². The molecule has 1 atom stereocenters. The Morgan fingerprint density at radius 1 is 0.853 bits per heavy atom. The summed E-state index contributed by atoms with van der Waals surface area (Å²) in [6.45, 7) is 6.87. The lowest BCUT2D eigenvalue weighted by atomic mass is 10.1. The molecule has 1 aromatic heterocycles. The zero-order chi connectivity index (χ0) is 23.9. The zero-order valence-electron chi connectivity index (χ0n) is 19.7. The first kappa shape index (κ1) is 23.0. The lowest BCUT2D eigenvalue weighted by molar-refractivity contribution is 0.0713. The second-order valence-electron chi connectivity index (χ2n) is 8.26. The smallest absolute Gasteiger partial charge is 0.290 e. The van der Waals surface area contributed by atoms with Crippen LogP contribution in [-0.4, -0.2) is 26.8 Å². The van der Waals surface area contributed by atoms with E-state index in [0.29, 0.717) is 30.7 Å². The van der Waals surface area contributed by atoms with E-state index in [2.05, 4.69) is 64.0 Å². The van der Waals surface area contributed by atoms with E-state index < -0.39 is 6.10 Å². The lowest BCUT2D eigenvalue weighted by Gasteiger charge is -2.14. The van der Waals surface area contributed by atoms with Gasteiger partial charge in [-0.3, -0.25) is 4.79 Å². The van der Waals surface area contributed by atoms with Gasteiger partial charge in [-0.15, -0.1) is 5.10 Å². The van der Waals surface area contributed by atoms with E-state index in [1.165, 1.54) is 15.8 Å². The van der Waals surface area contributed by atoms with Crippen LogP contribution in [0.3, 0.4) is 0 Å². The number of para-hydroxylation sites is 1. The van der Waals surface area contributed by atoms with Crippen molar-refractivity contribution in [2.45, 2.75) is 40.0 Å². The van der Waals surface area contributed by atoms with Crippen molar-refractivity contribution in [1.82, 2.24) is 14.8 Å². The highest BCUT2D eigenvalue weighted by Crippen LogP contribution is 2.16. The number of hydrogen-bond donors (Lipinski definition) is 2. The molecular weight excluding hydrogens is 426 g/mol. The number of anilines is 2. The molecule has 7 nitrogen and oxygen atoms in total. The van der Waals surface area contributed by atoms with Crippen LogP contribution in [0.15, 0.2) is 78.9 Å². The Bertz CT molecular complexity index is 1220. The Balaban J connectivity index is 1.51. The number of hydrogen-bond acceptors (Lipinski definition) is 6. The Morgan fingerprint density at radius 2 is 1.41 bits per heavy atom. The standard InChI is InChI=1S/C27H29N5O2/c1-19-9-13-22(14-10-19)17-28-26-30-27(29-18-23-15-11-20(2)12-16-23)32(31-26)25(33)21(3)34-24-7-5-4-6-8-24/h4-16,21H,17-18H2,1-3H3,(H2,28,29,30,31). The van der Waals surface area contributed by atoms with Crippen LogP contribution in [0.1, 0.15) is 34.0 Å². The minimum Gasteiger partial charge on any atom is -0.481 e. The van der Waals surface area contributed by atoms with Gasteiger partial charge in [0.05, 0.1) is 0 Å². The molecular formula is C27H29N5O2. The molecule has 0 fully saturated rings. The van der Waals surface area contributed by atoms with Gasteiger partial charge in [-0.2, -0.15) is 9.67 Å². The van der Waals surface area contributed by atoms with E-state index in [9.17, 15) is 4.79 Å². The van der Waals surface area contributed by atoms with Gasteiger partial charge in [-0.1, -0.05) is 77.9 Å². The van der Waals surface area contributed by atoms with E-state index in [1.54, 1.807) is 6.92 Å². The highest BCUT2D eigenvalue weighted by Gasteiger charge is 2.23. The third kappa shape index (κ3) is 6.01. The maximum Gasteiger partial charge on any atom is 0.290 e. The quantitative estimate of drug-likeness (QED) is 0.360. The molecule has 7 heteroatoms. The maximum atomic E-state index is 13.2. The molecule has 0 saturated heterocycles. The predicted octanol–water partition coefficient (Wildman–Crippen LogP) is 5.23. The van der Waals surface area contributed by atoms with Crippen LogP contribution in [-0.2, 0) is 13.1 Å². The van der Waals surface area contributed by atoms with Crippen LogP contribution in [0.25, 0.3) is 0 Å². The Hall–Kier alpha value is -4.13. The van der Waals surface area contributed by atoms with Gasteiger partial charge < -0.3 is 15.4 Å². The molecule has 0 saturated carbocycles. The summed E-state index contributed by atoms with van der Waals surface area (Å²) in [6, 6.07) is 25.7. The van der Waals surface area contributed by atoms with E-state index >= 15 is 0 Å². The lowest BCUT2D eigenvalue weighted by Crippen LogP contribution is -2.31. The molecule has 4 aromatic rings. The fraction of sp³-hybridized carbons (Fsp3) is 0.222. The molecule has 2 N–H and O–H groups in total. The second-order valence-corrected chi connectivity index (χ2v) is 8.26. The van der Waals surface area contributed by atoms with Crippen molar-refractivity contribution in [3.05, 3.63) is 101 Å². The van der Waals surface area contributed by atoms with Crippen molar-refractivity contribution in [3.63, 3.8) is 0 Å². The van der Waals surface area contributed by atoms with Crippen LogP contribution in [0.2, 0.25) is 0 Å². The van der Waals surface area contributed by atoms with Crippen LogP contribution in [0.4, 0.5) is 11.9 Å². The predicted molar refractivity (Wildman–Crippen MR) is 134 cm³/mol. The highest BCUT2D eigenvalue weighted by atomic mass is 16.5. The first-order chi connectivity index (χ1) is 16.5. The fourth-order valence-corrected chi connectivity index (χ4v) is 3.35. The van der Waals surface area contributed by atoms with Gasteiger partial charge in [0.25, 0.3) is 5.91 Å². The molecule has 0 aliphatic heterocycles. The third-order valence-corrected chi connectivity index (χ3v) is 5.36. The van der Waals surface area contributed by atoms with Gasteiger partial charge in [0.15, 0.2) is 6.10 Å². The van der Waals surface area contributed by atoms with Gasteiger partial charge in [0.1, 0.15) is 5.75 Å². The normalized spacial score (nSPS) is 11.6. The molecule has 1 unspecified atom stereocenters. The number of carbonyl (C=O) groups excluding carboxylic acids is 1. The summed E-state index contributed by atoms with van der Waals surface area (Å²) in [7, 11) is 0. The SMILES string of the molecule is Cc1ccc(CNc2nc(NCc3ccc(C)cc3)n(C(=O)C(C)Oc3ccccc3)n2)cc1. The summed E-state index contributed by atoms with van der Waals surface area (Å²) < 4.78 is 7.10. The number of aromatic nitrogens is 3. The number of nitrogens with one attached hydrogen (secondary N) is 2. The molecule has 0 bridgehead atoms. The molecule has 0 spiro atoms. The summed E-state index contributed by atoms with van der Waals surface area (Å²) >= 11 is 0. The zero-order valence-corrected chi connectivity index (χ0v) is 19.7. The van der Waals surface area contributed by atoms with Crippen LogP contribution in [0, 0.1) is 13.8 Å². The first-order valence-electron chi connectivity index (χ1n) is 11.3. The number of nitrogens with zero attached hydrogens (tertiary/aromatic N) is 3. The van der Waals surface area contributed by atoms with E-state index in [4.69, 9.17) is 4.74 Å². The Morgan fingerprint density at radius 3 is 2.00 bits per heavy atom. The number of benzene rings is 3. The minimum atomic E-state index is -0.742. The van der Waals surface area contributed by atoms with Crippen LogP contribution in [0.5, 0.6) is 5.75 Å². The molecule has 4 rings (SSSR count). The van der Waals surface area contributed by atoms with Crippen molar-refractivity contribution in [2.75, 3.05) is 10.6 Å². The molecule has 34 heavy (non-hydrogen) atoms. The topological polar surface area (TPSA) is 81.1 Å². The molecule has 174 valence electrons. The molecule has 0 aliphatic rings.